The summed E-state index contributed by atoms with van der Waals surface area (Å²) in [6.07, 6.45) is -5.68. The van der Waals surface area contributed by atoms with Crippen LogP contribution in [0, 0.1) is 11.8 Å². The van der Waals surface area contributed by atoms with Crippen molar-refractivity contribution >= 4 is 28.0 Å². The number of pyridine rings is 1. The van der Waals surface area contributed by atoms with Gasteiger partial charge in [0.25, 0.3) is 10.9 Å². The van der Waals surface area contributed by atoms with Gasteiger partial charge in [-0.15, -0.1) is 0 Å². The van der Waals surface area contributed by atoms with Gasteiger partial charge in [-0.05, 0) is 79.3 Å². The fourth-order valence-corrected chi connectivity index (χ4v) is 6.89. The number of alkyl halides is 6. The Balaban J connectivity index is 1.42. The third-order valence-electron chi connectivity index (χ3n) is 9.23. The van der Waals surface area contributed by atoms with Crippen LogP contribution in [0.2, 0.25) is 0 Å². The van der Waals surface area contributed by atoms with Crippen molar-refractivity contribution in [3.8, 4) is 5.75 Å². The third-order valence-corrected chi connectivity index (χ3v) is 9.23. The quantitative estimate of drug-likeness (QED) is 0.162. The maximum atomic E-state index is 13.5. The lowest BCUT2D eigenvalue weighted by Crippen LogP contribution is -2.56. The molecule has 4 aromatic rings. The van der Waals surface area contributed by atoms with Crippen LogP contribution in [0.4, 0.5) is 43.4 Å². The number of fused-ring (bicyclic) bond motifs is 4. The van der Waals surface area contributed by atoms with E-state index in [1.54, 1.807) is 24.4 Å². The van der Waals surface area contributed by atoms with Crippen molar-refractivity contribution in [1.82, 2.24) is 9.88 Å². The molecule has 0 spiro atoms. The standard InChI is InChI=1S/C32H30F6N4O3/c1-3-16-15-42-9-7-17(16)10-25(42)26(22-6-8-39-24-5-4-21(45-2)14-23(22)24)41-28-27(29(43)30(28)44)40-20-12-18(31(33,34)35)11-19(13-20)32(36,37)38/h4-6,8,11-14,16-17,25-26,40-41H,3,7,9-10,15H2,1-2H3. The minimum absolute atomic E-state index is 0.00144. The molecule has 0 radical (unpaired) electrons. The second-order valence-corrected chi connectivity index (χ2v) is 11.7. The number of hydrogen-bond donors (Lipinski definition) is 2. The van der Waals surface area contributed by atoms with E-state index < -0.39 is 51.8 Å². The van der Waals surface area contributed by atoms with Gasteiger partial charge in [0, 0.05) is 29.9 Å². The molecule has 5 unspecified atom stereocenters. The van der Waals surface area contributed by atoms with Crippen molar-refractivity contribution in [3.63, 3.8) is 0 Å². The van der Waals surface area contributed by atoms with E-state index in [2.05, 4.69) is 27.4 Å². The van der Waals surface area contributed by atoms with E-state index in [-0.39, 0.29) is 17.8 Å². The molecule has 2 N–H and O–H groups in total. The number of halogens is 6. The lowest BCUT2D eigenvalue weighted by molar-refractivity contribution is -0.143. The molecule has 0 aliphatic carbocycles. The average molecular weight is 633 g/mol. The Morgan fingerprint density at radius 1 is 0.978 bits per heavy atom. The zero-order valence-corrected chi connectivity index (χ0v) is 24.4. The van der Waals surface area contributed by atoms with E-state index >= 15 is 0 Å². The number of benzene rings is 2. The van der Waals surface area contributed by atoms with Crippen LogP contribution >= 0.6 is 0 Å². The van der Waals surface area contributed by atoms with Gasteiger partial charge in [0.2, 0.25) is 0 Å². The molecule has 45 heavy (non-hydrogen) atoms. The van der Waals surface area contributed by atoms with E-state index in [9.17, 15) is 35.9 Å². The normalized spacial score (nSPS) is 22.5. The number of anilines is 3. The van der Waals surface area contributed by atoms with Crippen LogP contribution in [0.25, 0.3) is 10.9 Å². The van der Waals surface area contributed by atoms with Crippen molar-refractivity contribution in [3.05, 3.63) is 85.8 Å². The van der Waals surface area contributed by atoms with Gasteiger partial charge >= 0.3 is 12.4 Å². The topological polar surface area (TPSA) is 83.6 Å². The van der Waals surface area contributed by atoms with Crippen molar-refractivity contribution in [1.29, 1.82) is 0 Å². The van der Waals surface area contributed by atoms with Crippen LogP contribution in [0.3, 0.4) is 0 Å². The Kier molecular flexibility index (Phi) is 7.78. The first kappa shape index (κ1) is 30.9. The summed E-state index contributed by atoms with van der Waals surface area (Å²) in [5, 5.41) is 6.36. The molecule has 0 amide bonds. The summed E-state index contributed by atoms with van der Waals surface area (Å²) < 4.78 is 86.4. The van der Waals surface area contributed by atoms with E-state index in [1.807, 2.05) is 6.07 Å². The molecule has 1 aromatic heterocycles. The lowest BCUT2D eigenvalue weighted by atomic mass is 9.72. The number of ether oxygens (including phenoxy) is 1. The minimum Gasteiger partial charge on any atom is -0.497 e. The van der Waals surface area contributed by atoms with Gasteiger partial charge in [-0.2, -0.15) is 26.3 Å². The number of rotatable bonds is 8. The highest BCUT2D eigenvalue weighted by Crippen LogP contribution is 2.45. The van der Waals surface area contributed by atoms with Crippen molar-refractivity contribution in [2.75, 3.05) is 30.8 Å². The molecule has 238 valence electrons. The first-order valence-electron chi connectivity index (χ1n) is 14.6. The molecule has 5 atom stereocenters. The number of hydrogen-bond acceptors (Lipinski definition) is 7. The summed E-state index contributed by atoms with van der Waals surface area (Å²) in [6.45, 7) is 3.83. The Bertz CT molecular complexity index is 1780. The average Bonchev–Trinajstić information content (AvgIpc) is 3.03. The van der Waals surface area contributed by atoms with Gasteiger partial charge in [-0.25, -0.2) is 0 Å². The highest BCUT2D eigenvalue weighted by atomic mass is 19.4. The first-order chi connectivity index (χ1) is 21.3. The van der Waals surface area contributed by atoms with Crippen LogP contribution < -0.4 is 26.2 Å². The largest absolute Gasteiger partial charge is 0.497 e. The molecule has 4 heterocycles. The number of piperidine rings is 3. The molecule has 13 heteroatoms. The van der Waals surface area contributed by atoms with Gasteiger partial charge in [-0.1, -0.05) is 13.3 Å². The summed E-state index contributed by atoms with van der Waals surface area (Å²) >= 11 is 0. The molecule has 3 aromatic carbocycles. The van der Waals surface area contributed by atoms with Crippen LogP contribution in [-0.2, 0) is 12.4 Å². The van der Waals surface area contributed by atoms with Gasteiger partial charge < -0.3 is 15.4 Å². The first-order valence-corrected chi connectivity index (χ1v) is 14.6. The van der Waals surface area contributed by atoms with Crippen LogP contribution in [-0.4, -0.2) is 36.1 Å². The molecule has 2 bridgehead atoms. The zero-order chi connectivity index (χ0) is 32.3. The summed E-state index contributed by atoms with van der Waals surface area (Å²) in [6, 6.07) is 7.46. The predicted molar refractivity (Wildman–Crippen MR) is 158 cm³/mol. The van der Waals surface area contributed by atoms with Gasteiger partial charge in [0.1, 0.15) is 17.1 Å². The molecule has 7 nitrogen and oxygen atoms in total. The van der Waals surface area contributed by atoms with Crippen molar-refractivity contribution in [2.45, 2.75) is 50.6 Å². The molecular weight excluding hydrogens is 602 g/mol. The number of methoxy groups -OCH3 is 1. The minimum atomic E-state index is -5.08. The fourth-order valence-electron chi connectivity index (χ4n) is 6.89. The second kappa shape index (κ2) is 11.3. The van der Waals surface area contributed by atoms with Crippen LogP contribution in [0.1, 0.15) is 48.9 Å². The van der Waals surface area contributed by atoms with Crippen LogP contribution in [0.15, 0.2) is 58.3 Å². The van der Waals surface area contributed by atoms with Crippen molar-refractivity contribution < 1.29 is 31.1 Å². The van der Waals surface area contributed by atoms with Gasteiger partial charge in [-0.3, -0.25) is 19.5 Å². The fraction of sp³-hybridized carbons (Fsp3) is 0.406. The highest BCUT2D eigenvalue weighted by molar-refractivity contribution is 5.85. The Morgan fingerprint density at radius 2 is 1.67 bits per heavy atom. The smallest absolute Gasteiger partial charge is 0.416 e. The van der Waals surface area contributed by atoms with Gasteiger partial charge in [0.15, 0.2) is 0 Å². The molecule has 3 aliphatic rings. The number of nitrogens with one attached hydrogen (secondary N) is 2. The van der Waals surface area contributed by atoms with E-state index in [0.29, 0.717) is 35.2 Å². The Hall–Kier alpha value is -4.13. The van der Waals surface area contributed by atoms with Gasteiger partial charge in [0.05, 0.1) is 29.8 Å². The highest BCUT2D eigenvalue weighted by Gasteiger charge is 2.44. The Morgan fingerprint density at radius 3 is 2.27 bits per heavy atom. The number of aromatic nitrogens is 1. The molecule has 7 rings (SSSR count). The summed E-state index contributed by atoms with van der Waals surface area (Å²) in [5.74, 6) is 1.53. The molecule has 3 saturated heterocycles. The molecular formula is C32H30F6N4O3. The lowest BCUT2D eigenvalue weighted by Gasteiger charge is -2.52. The second-order valence-electron chi connectivity index (χ2n) is 11.7. The summed E-state index contributed by atoms with van der Waals surface area (Å²) in [7, 11) is 1.53. The van der Waals surface area contributed by atoms with E-state index in [0.717, 1.165) is 43.3 Å². The molecule has 3 fully saturated rings. The molecule has 0 saturated carbocycles. The zero-order valence-electron chi connectivity index (χ0n) is 24.4. The maximum Gasteiger partial charge on any atom is 0.416 e. The van der Waals surface area contributed by atoms with Crippen molar-refractivity contribution in [2.24, 2.45) is 11.8 Å². The summed E-state index contributed by atoms with van der Waals surface area (Å²) in [5.41, 5.74) is -4.82. The predicted octanol–water partition coefficient (Wildman–Crippen LogP) is 6.89. The Labute approximate surface area is 253 Å². The van der Waals surface area contributed by atoms with E-state index in [4.69, 9.17) is 4.74 Å². The summed E-state index contributed by atoms with van der Waals surface area (Å²) in [4.78, 5) is 32.5. The SMILES string of the molecule is CCC1CN2CCC1CC2C(Nc1c(Nc2cc(C(F)(F)F)cc(C(F)(F)F)c2)c(=O)c1=O)c1ccnc2ccc(OC)cc12. The molecule has 3 aliphatic heterocycles. The van der Waals surface area contributed by atoms with Crippen LogP contribution in [0.5, 0.6) is 5.75 Å². The number of nitrogens with zero attached hydrogens (tertiary/aromatic N) is 2. The van der Waals surface area contributed by atoms with E-state index in [1.165, 1.54) is 7.11 Å². The third kappa shape index (κ3) is 5.73. The maximum absolute atomic E-state index is 13.5. The monoisotopic (exact) mass is 632 g/mol.